The van der Waals surface area contributed by atoms with Crippen molar-refractivity contribution >= 4 is 35.0 Å². The first-order valence-corrected chi connectivity index (χ1v) is 9.63. The summed E-state index contributed by atoms with van der Waals surface area (Å²) in [6.07, 6.45) is 4.79. The van der Waals surface area contributed by atoms with Crippen LogP contribution in [-0.4, -0.2) is 51.2 Å². The number of hydrogen-bond donors (Lipinski definition) is 0. The maximum atomic E-state index is 12.2. The fraction of sp³-hybridized carbons (Fsp3) is 0.300. The van der Waals surface area contributed by atoms with Gasteiger partial charge in [-0.1, -0.05) is 23.2 Å². The predicted molar refractivity (Wildman–Crippen MR) is 109 cm³/mol. The Hall–Kier alpha value is -2.44. The van der Waals surface area contributed by atoms with Crippen molar-refractivity contribution < 1.29 is 9.59 Å². The van der Waals surface area contributed by atoms with Gasteiger partial charge in [-0.3, -0.25) is 9.59 Å². The fourth-order valence-electron chi connectivity index (χ4n) is 3.32. The second kappa shape index (κ2) is 8.71. The highest BCUT2D eigenvalue weighted by Gasteiger charge is 2.31. The van der Waals surface area contributed by atoms with E-state index in [4.69, 9.17) is 23.2 Å². The summed E-state index contributed by atoms with van der Waals surface area (Å²) in [6, 6.07) is 5.32. The first kappa shape index (κ1) is 20.3. The zero-order valence-electron chi connectivity index (χ0n) is 15.6. The van der Waals surface area contributed by atoms with E-state index in [0.29, 0.717) is 30.5 Å². The number of amides is 2. The maximum Gasteiger partial charge on any atom is 0.247 e. The molecule has 28 heavy (non-hydrogen) atoms. The van der Waals surface area contributed by atoms with E-state index in [1.54, 1.807) is 22.2 Å². The van der Waals surface area contributed by atoms with Crippen molar-refractivity contribution in [2.45, 2.75) is 19.9 Å². The molecule has 3 rings (SSSR count). The van der Waals surface area contributed by atoms with Crippen molar-refractivity contribution in [2.24, 2.45) is 0 Å². The Balaban J connectivity index is 1.98. The first-order valence-electron chi connectivity index (χ1n) is 8.81. The van der Waals surface area contributed by atoms with Crippen molar-refractivity contribution in [1.82, 2.24) is 19.8 Å². The maximum absolute atomic E-state index is 12.2. The molecule has 8 heteroatoms. The van der Waals surface area contributed by atoms with Crippen molar-refractivity contribution in [3.05, 3.63) is 58.6 Å². The molecule has 2 aromatic rings. The highest BCUT2D eigenvalue weighted by atomic mass is 35.5. The predicted octanol–water partition coefficient (Wildman–Crippen LogP) is 3.59. The number of rotatable bonds is 3. The second-order valence-electron chi connectivity index (χ2n) is 6.60. The first-order chi connectivity index (χ1) is 13.4. The molecule has 0 aliphatic carbocycles. The van der Waals surface area contributed by atoms with Gasteiger partial charge in [-0.05, 0) is 36.2 Å². The molecule has 146 valence electrons. The molecule has 0 N–H and O–H groups in total. The van der Waals surface area contributed by atoms with Crippen LogP contribution in [-0.2, 0) is 9.59 Å². The Morgan fingerprint density at radius 2 is 1.86 bits per heavy atom. The van der Waals surface area contributed by atoms with Crippen LogP contribution in [0.25, 0.3) is 11.1 Å². The van der Waals surface area contributed by atoms with Gasteiger partial charge in [-0.2, -0.15) is 0 Å². The lowest BCUT2D eigenvalue weighted by Gasteiger charge is -2.41. The molecule has 1 aliphatic rings. The summed E-state index contributed by atoms with van der Waals surface area (Å²) in [5.74, 6) is 0.449. The van der Waals surface area contributed by atoms with Crippen LogP contribution in [0, 0.1) is 6.92 Å². The molecular weight excluding hydrogens is 399 g/mol. The van der Waals surface area contributed by atoms with E-state index >= 15 is 0 Å². The number of halogens is 2. The van der Waals surface area contributed by atoms with E-state index in [2.05, 4.69) is 9.97 Å². The molecule has 0 saturated carbocycles. The van der Waals surface area contributed by atoms with Gasteiger partial charge < -0.3 is 9.80 Å². The number of benzene rings is 1. The standard InChI is InChI=1S/C20H20Cl2N4O2/c1-13-23-10-17(11-24-13)15-7-16(9-18(22)8-15)19-12-25(20(28)3-4-21)5-6-26(19)14(2)27/h3-4,7-11,19H,5-6,12H2,1-2H3/b4-3-. The minimum atomic E-state index is -0.303. The highest BCUT2D eigenvalue weighted by molar-refractivity contribution is 6.31. The molecule has 0 spiro atoms. The molecule has 1 aliphatic heterocycles. The molecule has 6 nitrogen and oxygen atoms in total. The van der Waals surface area contributed by atoms with Gasteiger partial charge in [0, 0.05) is 61.1 Å². The van der Waals surface area contributed by atoms with Crippen LogP contribution in [0.4, 0.5) is 0 Å². The van der Waals surface area contributed by atoms with Gasteiger partial charge in [-0.15, -0.1) is 0 Å². The zero-order chi connectivity index (χ0) is 20.3. The normalized spacial score (nSPS) is 17.2. The molecule has 1 aromatic heterocycles. The number of aromatic nitrogens is 2. The molecule has 1 fully saturated rings. The van der Waals surface area contributed by atoms with Gasteiger partial charge in [-0.25, -0.2) is 9.97 Å². The summed E-state index contributed by atoms with van der Waals surface area (Å²) in [4.78, 5) is 36.4. The number of carbonyl (C=O) groups excluding carboxylic acids is 2. The molecule has 0 bridgehead atoms. The molecular formula is C20H20Cl2N4O2. The van der Waals surface area contributed by atoms with Gasteiger partial charge in [0.1, 0.15) is 5.82 Å². The zero-order valence-corrected chi connectivity index (χ0v) is 17.1. The third kappa shape index (κ3) is 4.51. The lowest BCUT2D eigenvalue weighted by atomic mass is 9.97. The summed E-state index contributed by atoms with van der Waals surface area (Å²) >= 11 is 11.9. The Labute approximate surface area is 173 Å². The Morgan fingerprint density at radius 3 is 2.50 bits per heavy atom. The van der Waals surface area contributed by atoms with Crippen LogP contribution in [0.15, 0.2) is 42.2 Å². The van der Waals surface area contributed by atoms with Gasteiger partial charge in [0.05, 0.1) is 6.04 Å². The van der Waals surface area contributed by atoms with E-state index in [0.717, 1.165) is 16.7 Å². The monoisotopic (exact) mass is 418 g/mol. The van der Waals surface area contributed by atoms with Crippen molar-refractivity contribution in [2.75, 3.05) is 19.6 Å². The minimum Gasteiger partial charge on any atom is -0.335 e. The van der Waals surface area contributed by atoms with Crippen LogP contribution in [0.1, 0.15) is 24.4 Å². The SMILES string of the molecule is CC(=O)N1CCN(C(=O)/C=C\Cl)CC1c1cc(Cl)cc(-c2cnc(C)nc2)c1. The lowest BCUT2D eigenvalue weighted by Crippen LogP contribution is -2.51. The largest absolute Gasteiger partial charge is 0.335 e. The summed E-state index contributed by atoms with van der Waals surface area (Å²) < 4.78 is 0. The average molecular weight is 419 g/mol. The van der Waals surface area contributed by atoms with Crippen molar-refractivity contribution in [1.29, 1.82) is 0 Å². The molecule has 1 aromatic carbocycles. The van der Waals surface area contributed by atoms with Crippen molar-refractivity contribution in [3.8, 4) is 11.1 Å². The number of nitrogens with zero attached hydrogens (tertiary/aromatic N) is 4. The van der Waals surface area contributed by atoms with Crippen LogP contribution in [0.5, 0.6) is 0 Å². The van der Waals surface area contributed by atoms with Crippen LogP contribution < -0.4 is 0 Å². The Bertz CT molecular complexity index is 915. The Morgan fingerprint density at radius 1 is 1.14 bits per heavy atom. The molecule has 1 saturated heterocycles. The van der Waals surface area contributed by atoms with E-state index < -0.39 is 0 Å². The van der Waals surface area contributed by atoms with Crippen LogP contribution in [0.2, 0.25) is 5.02 Å². The Kier molecular flexibility index (Phi) is 6.31. The second-order valence-corrected chi connectivity index (χ2v) is 7.29. The fourth-order valence-corrected chi connectivity index (χ4v) is 3.67. The number of carbonyl (C=O) groups is 2. The van der Waals surface area contributed by atoms with Crippen molar-refractivity contribution in [3.63, 3.8) is 0 Å². The average Bonchev–Trinajstić information content (AvgIpc) is 2.67. The molecule has 2 heterocycles. The smallest absolute Gasteiger partial charge is 0.247 e. The summed E-state index contributed by atoms with van der Waals surface area (Å²) in [6.45, 7) is 4.61. The van der Waals surface area contributed by atoms with Crippen LogP contribution in [0.3, 0.4) is 0 Å². The van der Waals surface area contributed by atoms with Gasteiger partial charge in [0.25, 0.3) is 0 Å². The molecule has 1 unspecified atom stereocenters. The third-order valence-electron chi connectivity index (χ3n) is 4.72. The molecule has 2 amide bonds. The summed E-state index contributed by atoms with van der Waals surface area (Å²) in [7, 11) is 0. The number of aryl methyl sites for hydroxylation is 1. The number of piperazine rings is 1. The van der Waals surface area contributed by atoms with Gasteiger partial charge in [0.15, 0.2) is 0 Å². The van der Waals surface area contributed by atoms with E-state index in [1.165, 1.54) is 18.5 Å². The van der Waals surface area contributed by atoms with E-state index in [1.807, 2.05) is 25.1 Å². The van der Waals surface area contributed by atoms with E-state index in [9.17, 15) is 9.59 Å². The van der Waals surface area contributed by atoms with Gasteiger partial charge >= 0.3 is 0 Å². The highest BCUT2D eigenvalue weighted by Crippen LogP contribution is 2.32. The van der Waals surface area contributed by atoms with E-state index in [-0.39, 0.29) is 17.9 Å². The summed E-state index contributed by atoms with van der Waals surface area (Å²) in [5, 5.41) is 0.542. The quantitative estimate of drug-likeness (QED) is 0.714. The minimum absolute atomic E-state index is 0.0508. The van der Waals surface area contributed by atoms with Crippen LogP contribution >= 0.6 is 23.2 Å². The third-order valence-corrected chi connectivity index (χ3v) is 5.07. The lowest BCUT2D eigenvalue weighted by molar-refractivity contribution is -0.139. The van der Waals surface area contributed by atoms with Gasteiger partial charge in [0.2, 0.25) is 11.8 Å². The number of hydrogen-bond acceptors (Lipinski definition) is 4. The summed E-state index contributed by atoms with van der Waals surface area (Å²) in [5.41, 5.74) is 3.74. The molecule has 1 atom stereocenters. The topological polar surface area (TPSA) is 66.4 Å². The molecule has 0 radical (unpaired) electrons.